The number of aromatic nitrogens is 2. The molecule has 0 unspecified atom stereocenters. The van der Waals surface area contributed by atoms with Gasteiger partial charge in [0.15, 0.2) is 0 Å². The molecule has 4 amide bonds. The van der Waals surface area contributed by atoms with E-state index >= 15 is 0 Å². The van der Waals surface area contributed by atoms with Gasteiger partial charge in [0.25, 0.3) is 23.6 Å². The highest BCUT2D eigenvalue weighted by Crippen LogP contribution is 2.34. The van der Waals surface area contributed by atoms with Crippen LogP contribution in [0.3, 0.4) is 0 Å². The van der Waals surface area contributed by atoms with E-state index in [-0.39, 0.29) is 56.5 Å². The molecular formula is C40H24N6O9. The predicted octanol–water partition coefficient (Wildman–Crippen LogP) is 5.47. The van der Waals surface area contributed by atoms with Crippen LogP contribution >= 0.6 is 0 Å². The monoisotopic (exact) mass is 732 g/mol. The Labute approximate surface area is 310 Å². The number of amides is 4. The minimum Gasteiger partial charge on any atom is -0.457 e. The van der Waals surface area contributed by atoms with E-state index in [0.29, 0.717) is 22.9 Å². The largest absolute Gasteiger partial charge is 0.457 e. The van der Waals surface area contributed by atoms with Crippen LogP contribution in [0.4, 0.5) is 22.7 Å². The zero-order chi connectivity index (χ0) is 38.4. The number of nitrogen functional groups attached to an aromatic ring is 2. The first kappa shape index (κ1) is 33.9. The molecule has 2 aliphatic heterocycles. The zero-order valence-corrected chi connectivity index (χ0v) is 28.2. The Morgan fingerprint density at radius 2 is 0.855 bits per heavy atom. The van der Waals surface area contributed by atoms with Crippen molar-refractivity contribution in [1.82, 2.24) is 9.97 Å². The molecule has 8 rings (SSSR count). The summed E-state index contributed by atoms with van der Waals surface area (Å²) in [5, 5.41) is 0. The Hall–Kier alpha value is -8.20. The predicted molar refractivity (Wildman–Crippen MR) is 195 cm³/mol. The van der Waals surface area contributed by atoms with Crippen molar-refractivity contribution < 1.29 is 43.0 Å². The third kappa shape index (κ3) is 6.33. The van der Waals surface area contributed by atoms with E-state index < -0.39 is 35.6 Å². The lowest BCUT2D eigenvalue weighted by molar-refractivity contribution is 0.0717. The maximum atomic E-state index is 13.4. The van der Waals surface area contributed by atoms with Gasteiger partial charge in [0.1, 0.15) is 11.5 Å². The van der Waals surface area contributed by atoms with Crippen molar-refractivity contribution in [2.75, 3.05) is 21.3 Å². The molecule has 0 radical (unpaired) electrons. The topological polar surface area (TPSA) is 214 Å². The second-order valence-electron chi connectivity index (χ2n) is 12.1. The van der Waals surface area contributed by atoms with Crippen LogP contribution in [0, 0.1) is 0 Å². The summed E-state index contributed by atoms with van der Waals surface area (Å²) < 4.78 is 16.4. The fourth-order valence-electron chi connectivity index (χ4n) is 5.88. The molecule has 4 aromatic carbocycles. The normalized spacial score (nSPS) is 13.1. The van der Waals surface area contributed by atoms with Gasteiger partial charge in [-0.25, -0.2) is 29.4 Å². The van der Waals surface area contributed by atoms with Gasteiger partial charge in [0.05, 0.1) is 68.5 Å². The summed E-state index contributed by atoms with van der Waals surface area (Å²) in [5.74, 6) is -3.13. The molecule has 268 valence electrons. The van der Waals surface area contributed by atoms with Crippen LogP contribution < -0.4 is 35.5 Å². The van der Waals surface area contributed by atoms with E-state index in [1.54, 1.807) is 24.3 Å². The van der Waals surface area contributed by atoms with Crippen molar-refractivity contribution in [2.45, 2.75) is 0 Å². The first-order valence-electron chi connectivity index (χ1n) is 16.3. The molecule has 0 fully saturated rings. The van der Waals surface area contributed by atoms with E-state index in [0.717, 1.165) is 9.80 Å². The van der Waals surface area contributed by atoms with Gasteiger partial charge >= 0.3 is 11.9 Å². The lowest BCUT2D eigenvalue weighted by Crippen LogP contribution is -2.29. The van der Waals surface area contributed by atoms with Crippen molar-refractivity contribution in [3.8, 4) is 23.3 Å². The number of hydrogen-bond donors (Lipinski definition) is 2. The number of nitrogens with two attached hydrogens (primary N) is 2. The van der Waals surface area contributed by atoms with Gasteiger partial charge in [-0.3, -0.25) is 19.2 Å². The molecule has 15 heteroatoms. The molecule has 0 atom stereocenters. The van der Waals surface area contributed by atoms with Crippen LogP contribution in [0.15, 0.2) is 122 Å². The number of ether oxygens (including phenoxy) is 3. The molecule has 2 aliphatic rings. The number of hydrogen-bond acceptors (Lipinski definition) is 13. The maximum absolute atomic E-state index is 13.4. The Balaban J connectivity index is 0.918. The third-order valence-electron chi connectivity index (χ3n) is 8.58. The summed E-state index contributed by atoms with van der Waals surface area (Å²) in [6.45, 7) is 0. The summed E-state index contributed by atoms with van der Waals surface area (Å²) in [6, 6.07) is 26.4. The molecule has 15 nitrogen and oxygen atoms in total. The molecule has 2 aromatic heterocycles. The van der Waals surface area contributed by atoms with Crippen LogP contribution in [0.2, 0.25) is 0 Å². The fraction of sp³-hybridized carbons (Fsp3) is 0. The Morgan fingerprint density at radius 1 is 0.473 bits per heavy atom. The quantitative estimate of drug-likeness (QED) is 0.147. The van der Waals surface area contributed by atoms with Crippen LogP contribution in [-0.4, -0.2) is 45.5 Å². The number of nitrogens with zero attached hydrogens (tertiary/aromatic N) is 4. The van der Waals surface area contributed by atoms with Crippen molar-refractivity contribution in [2.24, 2.45) is 0 Å². The van der Waals surface area contributed by atoms with Gasteiger partial charge in [-0.1, -0.05) is 0 Å². The van der Waals surface area contributed by atoms with E-state index in [1.807, 2.05) is 0 Å². The highest BCUT2D eigenvalue weighted by atomic mass is 16.5. The Morgan fingerprint density at radius 3 is 1.22 bits per heavy atom. The van der Waals surface area contributed by atoms with E-state index in [4.69, 9.17) is 25.7 Å². The van der Waals surface area contributed by atoms with Crippen molar-refractivity contribution in [3.63, 3.8) is 0 Å². The zero-order valence-electron chi connectivity index (χ0n) is 28.2. The highest BCUT2D eigenvalue weighted by molar-refractivity contribution is 6.35. The SMILES string of the molecule is Nc1ccc(OC(=O)c2ccc3c(c2)C(=O)N(c2ccc(Oc4ccc(N5C(=O)c6ccc(C(=O)Oc7ccc(N)cn7)cc6C5=O)cc4)cc2)C3=O)nc1. The first-order chi connectivity index (χ1) is 26.5. The fourth-order valence-corrected chi connectivity index (χ4v) is 5.88. The molecule has 0 aliphatic carbocycles. The minimum atomic E-state index is -0.765. The molecular weight excluding hydrogens is 708 g/mol. The van der Waals surface area contributed by atoms with Crippen molar-refractivity contribution >= 4 is 58.3 Å². The van der Waals surface area contributed by atoms with Crippen molar-refractivity contribution in [1.29, 1.82) is 0 Å². The smallest absolute Gasteiger partial charge is 0.344 e. The number of carbonyl (C=O) groups excluding carboxylic acids is 6. The van der Waals surface area contributed by atoms with Gasteiger partial charge in [-0.2, -0.15) is 0 Å². The molecule has 0 spiro atoms. The second-order valence-corrected chi connectivity index (χ2v) is 12.1. The molecule has 4 heterocycles. The number of esters is 2. The average molecular weight is 733 g/mol. The van der Waals surface area contributed by atoms with Crippen LogP contribution in [-0.2, 0) is 0 Å². The molecule has 0 bridgehead atoms. The molecule has 0 saturated heterocycles. The van der Waals surface area contributed by atoms with Crippen LogP contribution in [0.5, 0.6) is 23.3 Å². The van der Waals surface area contributed by atoms with Crippen LogP contribution in [0.25, 0.3) is 0 Å². The summed E-state index contributed by atoms with van der Waals surface area (Å²) in [4.78, 5) is 88.4. The number of fused-ring (bicyclic) bond motifs is 2. The lowest BCUT2D eigenvalue weighted by atomic mass is 10.1. The van der Waals surface area contributed by atoms with E-state index in [1.165, 1.54) is 97.3 Å². The number of benzene rings is 4. The molecule has 6 aromatic rings. The molecule has 0 saturated carbocycles. The standard InChI is InChI=1S/C40H24N6O9/c41-23-3-15-33(43-19-23)54-39(51)21-1-13-29-31(17-21)37(49)45(35(29)47)25-5-9-27(10-6-25)53-28-11-7-26(8-12-28)46-36(48)30-14-2-22(18-32(30)38(46)50)40(52)55-34-16-4-24(42)20-44-34/h1-20H,41-42H2. The second kappa shape index (κ2) is 13.4. The number of pyridine rings is 2. The summed E-state index contributed by atoms with van der Waals surface area (Å²) in [6.07, 6.45) is 2.67. The van der Waals surface area contributed by atoms with Gasteiger partial charge in [0.2, 0.25) is 11.8 Å². The van der Waals surface area contributed by atoms with Crippen LogP contribution in [0.1, 0.15) is 62.1 Å². The highest BCUT2D eigenvalue weighted by Gasteiger charge is 2.38. The number of rotatable bonds is 8. The Kier molecular flexibility index (Phi) is 8.27. The lowest BCUT2D eigenvalue weighted by Gasteiger charge is -2.16. The van der Waals surface area contributed by atoms with Gasteiger partial charge in [0, 0.05) is 12.1 Å². The van der Waals surface area contributed by atoms with Gasteiger partial charge in [-0.15, -0.1) is 0 Å². The van der Waals surface area contributed by atoms with Gasteiger partial charge in [-0.05, 0) is 97.1 Å². The third-order valence-corrected chi connectivity index (χ3v) is 8.58. The van der Waals surface area contributed by atoms with E-state index in [9.17, 15) is 28.8 Å². The number of carbonyl (C=O) groups is 6. The average Bonchev–Trinajstić information content (AvgIpc) is 3.60. The van der Waals surface area contributed by atoms with Crippen molar-refractivity contribution in [3.05, 3.63) is 155 Å². The minimum absolute atomic E-state index is 0.0235. The number of imide groups is 2. The van der Waals surface area contributed by atoms with E-state index in [2.05, 4.69) is 9.97 Å². The molecule has 55 heavy (non-hydrogen) atoms. The van der Waals surface area contributed by atoms with Gasteiger partial charge < -0.3 is 25.7 Å². The number of anilines is 4. The summed E-state index contributed by atoms with van der Waals surface area (Å²) in [5.41, 5.74) is 13.0. The molecule has 4 N–H and O–H groups in total. The first-order valence-corrected chi connectivity index (χ1v) is 16.3. The Bertz CT molecular complexity index is 2410. The maximum Gasteiger partial charge on any atom is 0.344 e. The summed E-state index contributed by atoms with van der Waals surface area (Å²) in [7, 11) is 0. The summed E-state index contributed by atoms with van der Waals surface area (Å²) >= 11 is 0.